The monoisotopic (exact) mass is 339 g/mol. The molecule has 5 nitrogen and oxygen atoms in total. The summed E-state index contributed by atoms with van der Waals surface area (Å²) in [6, 6.07) is 6.75. The molecule has 116 valence electrons. The van der Waals surface area contributed by atoms with Gasteiger partial charge in [0.1, 0.15) is 11.6 Å². The summed E-state index contributed by atoms with van der Waals surface area (Å²) in [7, 11) is 3.24. The minimum Gasteiger partial charge on any atom is -0.496 e. The highest BCUT2D eigenvalue weighted by atomic mass is 35.5. The zero-order chi connectivity index (χ0) is 16.3. The van der Waals surface area contributed by atoms with Gasteiger partial charge in [-0.3, -0.25) is 4.79 Å². The molecule has 0 fully saturated rings. The Hall–Kier alpha value is -1.98. The highest BCUT2D eigenvalue weighted by Crippen LogP contribution is 2.24. The molecule has 1 amide bonds. The Morgan fingerprint density at radius 1 is 1.36 bits per heavy atom. The summed E-state index contributed by atoms with van der Waals surface area (Å²) in [5.41, 5.74) is 6.71. The number of ether oxygens (including phenoxy) is 1. The third-order valence-electron chi connectivity index (χ3n) is 3.11. The number of nitrogens with zero attached hydrogens (tertiary/aromatic N) is 2. The van der Waals surface area contributed by atoms with E-state index < -0.39 is 0 Å². The molecule has 0 spiro atoms. The largest absolute Gasteiger partial charge is 0.496 e. The number of carbonyl (C=O) groups is 1. The number of halogens is 2. The van der Waals surface area contributed by atoms with Crippen molar-refractivity contribution in [1.29, 1.82) is 0 Å². The normalized spacial score (nSPS) is 10.4. The van der Waals surface area contributed by atoms with Crippen LogP contribution in [0.3, 0.4) is 0 Å². The molecule has 1 heterocycles. The molecule has 1 aromatic carbocycles. The molecule has 0 aliphatic carbocycles. The lowest BCUT2D eigenvalue weighted by atomic mass is 10.1. The lowest BCUT2D eigenvalue weighted by molar-refractivity contribution is 0.0784. The summed E-state index contributed by atoms with van der Waals surface area (Å²) in [6.45, 7) is 0.338. The molecule has 1 aromatic heterocycles. The zero-order valence-electron chi connectivity index (χ0n) is 12.1. The van der Waals surface area contributed by atoms with Crippen LogP contribution in [0.5, 0.6) is 5.75 Å². The number of rotatable bonds is 4. The van der Waals surface area contributed by atoms with Crippen LogP contribution in [-0.4, -0.2) is 29.9 Å². The molecule has 2 aromatic rings. The van der Waals surface area contributed by atoms with Gasteiger partial charge in [0.15, 0.2) is 0 Å². The number of methoxy groups -OCH3 is 1. The average molecular weight is 340 g/mol. The maximum Gasteiger partial charge on any atom is 0.255 e. The fourth-order valence-electron chi connectivity index (χ4n) is 1.98. The number of hydrogen-bond donors (Lipinski definition) is 1. The number of benzene rings is 1. The van der Waals surface area contributed by atoms with E-state index in [0.717, 1.165) is 5.56 Å². The predicted octanol–water partition coefficient (Wildman–Crippen LogP) is 3.25. The summed E-state index contributed by atoms with van der Waals surface area (Å²) < 4.78 is 5.27. The highest BCUT2D eigenvalue weighted by molar-refractivity contribution is 6.33. The van der Waals surface area contributed by atoms with Crippen LogP contribution in [0, 0.1) is 0 Å². The predicted molar refractivity (Wildman–Crippen MR) is 87.5 cm³/mol. The first-order valence-corrected chi connectivity index (χ1v) is 7.17. The van der Waals surface area contributed by atoms with Crippen LogP contribution in [0.1, 0.15) is 15.9 Å². The maximum absolute atomic E-state index is 12.4. The number of aromatic nitrogens is 1. The van der Waals surface area contributed by atoms with Gasteiger partial charge in [0.2, 0.25) is 0 Å². The smallest absolute Gasteiger partial charge is 0.255 e. The molecule has 0 unspecified atom stereocenters. The molecule has 0 aliphatic heterocycles. The van der Waals surface area contributed by atoms with E-state index in [2.05, 4.69) is 4.98 Å². The van der Waals surface area contributed by atoms with Gasteiger partial charge in [0, 0.05) is 30.4 Å². The van der Waals surface area contributed by atoms with E-state index in [9.17, 15) is 4.79 Å². The van der Waals surface area contributed by atoms with Gasteiger partial charge in [-0.1, -0.05) is 23.2 Å². The Kier molecular flexibility index (Phi) is 5.11. The van der Waals surface area contributed by atoms with Crippen molar-refractivity contribution in [1.82, 2.24) is 9.88 Å². The molecule has 0 bridgehead atoms. The number of pyridine rings is 1. The van der Waals surface area contributed by atoms with Crippen molar-refractivity contribution >= 4 is 34.9 Å². The minimum atomic E-state index is -0.226. The molecule has 22 heavy (non-hydrogen) atoms. The van der Waals surface area contributed by atoms with Crippen LogP contribution in [0.4, 0.5) is 5.82 Å². The van der Waals surface area contributed by atoms with Crippen LogP contribution in [0.25, 0.3) is 0 Å². The third-order valence-corrected chi connectivity index (χ3v) is 3.65. The number of amides is 1. The lowest BCUT2D eigenvalue weighted by Gasteiger charge is -2.19. The van der Waals surface area contributed by atoms with Crippen molar-refractivity contribution in [2.45, 2.75) is 6.54 Å². The van der Waals surface area contributed by atoms with Gasteiger partial charge in [-0.25, -0.2) is 4.98 Å². The number of nitrogen functional groups attached to an aromatic ring is 1. The Bertz CT molecular complexity index is 707. The van der Waals surface area contributed by atoms with E-state index >= 15 is 0 Å². The molecule has 0 saturated heterocycles. The first-order chi connectivity index (χ1) is 10.4. The first-order valence-electron chi connectivity index (χ1n) is 6.41. The van der Waals surface area contributed by atoms with Crippen LogP contribution < -0.4 is 10.5 Å². The average Bonchev–Trinajstić information content (AvgIpc) is 2.49. The van der Waals surface area contributed by atoms with Gasteiger partial charge in [-0.15, -0.1) is 0 Å². The summed E-state index contributed by atoms with van der Waals surface area (Å²) in [4.78, 5) is 17.8. The van der Waals surface area contributed by atoms with Crippen molar-refractivity contribution in [2.24, 2.45) is 0 Å². The van der Waals surface area contributed by atoms with Crippen molar-refractivity contribution in [3.8, 4) is 5.75 Å². The molecule has 7 heteroatoms. The van der Waals surface area contributed by atoms with Crippen LogP contribution in [0.15, 0.2) is 30.5 Å². The van der Waals surface area contributed by atoms with Crippen LogP contribution in [0.2, 0.25) is 10.0 Å². The van der Waals surface area contributed by atoms with E-state index in [-0.39, 0.29) is 16.7 Å². The first kappa shape index (κ1) is 16.4. The molecular weight excluding hydrogens is 325 g/mol. The molecule has 2 N–H and O–H groups in total. The Morgan fingerprint density at radius 2 is 2.09 bits per heavy atom. The van der Waals surface area contributed by atoms with Gasteiger partial charge < -0.3 is 15.4 Å². The summed E-state index contributed by atoms with van der Waals surface area (Å²) >= 11 is 11.9. The van der Waals surface area contributed by atoms with Crippen molar-refractivity contribution in [3.05, 3.63) is 51.6 Å². The van der Waals surface area contributed by atoms with E-state index in [1.165, 1.54) is 17.2 Å². The SMILES string of the molecule is COc1ccc(Cl)cc1CN(C)C(=O)c1cnc(N)c(Cl)c1. The standard InChI is InChI=1S/C15H15Cl2N3O2/c1-20(8-10-5-11(16)3-4-13(10)22-2)15(21)9-6-12(17)14(18)19-7-9/h3-7H,8H2,1-2H3,(H2,18,19). The topological polar surface area (TPSA) is 68.5 Å². The van der Waals surface area contributed by atoms with Crippen molar-refractivity contribution in [2.75, 3.05) is 19.9 Å². The number of anilines is 1. The zero-order valence-corrected chi connectivity index (χ0v) is 13.6. The van der Waals surface area contributed by atoms with Gasteiger partial charge in [0.05, 0.1) is 17.7 Å². The summed E-state index contributed by atoms with van der Waals surface area (Å²) in [5, 5.41) is 0.827. The summed E-state index contributed by atoms with van der Waals surface area (Å²) in [5.74, 6) is 0.631. The van der Waals surface area contributed by atoms with E-state index in [4.69, 9.17) is 33.7 Å². The molecular formula is C15H15Cl2N3O2. The van der Waals surface area contributed by atoms with Crippen molar-refractivity contribution < 1.29 is 9.53 Å². The van der Waals surface area contributed by atoms with E-state index in [1.807, 2.05) is 0 Å². The molecule has 2 rings (SSSR count). The Morgan fingerprint density at radius 3 is 2.73 bits per heavy atom. The number of carbonyl (C=O) groups excluding carboxylic acids is 1. The minimum absolute atomic E-state index is 0.192. The second-order valence-corrected chi connectivity index (χ2v) is 5.55. The Labute approximate surface area is 138 Å². The third kappa shape index (κ3) is 3.61. The molecule has 0 saturated carbocycles. The van der Waals surface area contributed by atoms with Gasteiger partial charge in [-0.05, 0) is 24.3 Å². The van der Waals surface area contributed by atoms with Gasteiger partial charge in [-0.2, -0.15) is 0 Å². The van der Waals surface area contributed by atoms with E-state index in [1.54, 1.807) is 32.4 Å². The van der Waals surface area contributed by atoms with Crippen LogP contribution >= 0.6 is 23.2 Å². The maximum atomic E-state index is 12.4. The quantitative estimate of drug-likeness (QED) is 0.928. The number of hydrogen-bond acceptors (Lipinski definition) is 4. The molecule has 0 radical (unpaired) electrons. The Balaban J connectivity index is 2.21. The highest BCUT2D eigenvalue weighted by Gasteiger charge is 2.16. The molecule has 0 aliphatic rings. The van der Waals surface area contributed by atoms with Gasteiger partial charge in [0.25, 0.3) is 5.91 Å². The van der Waals surface area contributed by atoms with E-state index in [0.29, 0.717) is 22.9 Å². The fraction of sp³-hybridized carbons (Fsp3) is 0.200. The fourth-order valence-corrected chi connectivity index (χ4v) is 2.34. The number of nitrogens with two attached hydrogens (primary N) is 1. The second kappa shape index (κ2) is 6.85. The lowest BCUT2D eigenvalue weighted by Crippen LogP contribution is -2.26. The molecule has 0 atom stereocenters. The summed E-state index contributed by atoms with van der Waals surface area (Å²) in [6.07, 6.45) is 1.40. The van der Waals surface area contributed by atoms with Gasteiger partial charge >= 0.3 is 0 Å². The van der Waals surface area contributed by atoms with Crippen LogP contribution in [-0.2, 0) is 6.54 Å². The van der Waals surface area contributed by atoms with Crippen molar-refractivity contribution in [3.63, 3.8) is 0 Å². The second-order valence-electron chi connectivity index (χ2n) is 4.71.